The van der Waals surface area contributed by atoms with Crippen LogP contribution >= 0.6 is 0 Å². The molecular weight excluding hydrogens is 285 g/mol. The zero-order chi connectivity index (χ0) is 15.5. The fourth-order valence-corrected chi connectivity index (χ4v) is 3.45. The van der Waals surface area contributed by atoms with Crippen molar-refractivity contribution >= 4 is 17.6 Å². The molecule has 2 N–H and O–H groups in total. The Balaban J connectivity index is 1.81. The Hall–Kier alpha value is -2.69. The molecule has 4 rings (SSSR count). The minimum atomic E-state index is -1.03. The number of halogens is 1. The number of amides is 1. The van der Waals surface area contributed by atoms with Gasteiger partial charge >= 0.3 is 5.97 Å². The van der Waals surface area contributed by atoms with Gasteiger partial charge in [0.05, 0.1) is 11.0 Å². The molecule has 2 atom stereocenters. The fourth-order valence-electron chi connectivity index (χ4n) is 3.45. The van der Waals surface area contributed by atoms with Crippen LogP contribution in [0.1, 0.15) is 33.8 Å². The maximum atomic E-state index is 13.4. The lowest BCUT2D eigenvalue weighted by molar-refractivity contribution is -0.118. The molecule has 1 aliphatic heterocycles. The molecule has 5 heteroatoms. The Bertz CT molecular complexity index is 832. The zero-order valence-corrected chi connectivity index (χ0v) is 11.5. The molecule has 1 aliphatic carbocycles. The highest BCUT2D eigenvalue weighted by molar-refractivity contribution is 6.10. The van der Waals surface area contributed by atoms with Gasteiger partial charge < -0.3 is 10.4 Å². The van der Waals surface area contributed by atoms with Crippen LogP contribution in [0.25, 0.3) is 0 Å². The summed E-state index contributed by atoms with van der Waals surface area (Å²) >= 11 is 0. The van der Waals surface area contributed by atoms with Crippen LogP contribution in [0.15, 0.2) is 42.5 Å². The second-order valence-electron chi connectivity index (χ2n) is 5.80. The lowest BCUT2D eigenvalue weighted by Crippen LogP contribution is -2.21. The standard InChI is InChI=1S/C17H12FNO3/c18-11-3-1-2-9(6-11)13-8-17(13)12-7-10(15(20)21)4-5-14(12)19-16(17)22/h1-7,13H,8H2,(H,19,22)(H,20,21). The van der Waals surface area contributed by atoms with E-state index in [1.807, 2.05) is 0 Å². The van der Waals surface area contributed by atoms with Gasteiger partial charge in [0, 0.05) is 11.6 Å². The SMILES string of the molecule is O=C(O)c1ccc2c(c1)C1(CC1c1cccc(F)c1)C(=O)N2. The van der Waals surface area contributed by atoms with E-state index in [0.29, 0.717) is 17.7 Å². The van der Waals surface area contributed by atoms with Gasteiger partial charge in [0.1, 0.15) is 5.82 Å². The molecule has 2 aromatic carbocycles. The predicted molar refractivity (Wildman–Crippen MR) is 77.5 cm³/mol. The maximum absolute atomic E-state index is 13.4. The Kier molecular flexibility index (Phi) is 2.46. The van der Waals surface area contributed by atoms with Crippen molar-refractivity contribution in [1.29, 1.82) is 0 Å². The average molecular weight is 297 g/mol. The molecular formula is C17H12FNO3. The summed E-state index contributed by atoms with van der Waals surface area (Å²) in [5, 5.41) is 11.9. The van der Waals surface area contributed by atoms with Gasteiger partial charge in [0.25, 0.3) is 0 Å². The quantitative estimate of drug-likeness (QED) is 0.895. The van der Waals surface area contributed by atoms with E-state index in [9.17, 15) is 14.0 Å². The smallest absolute Gasteiger partial charge is 0.335 e. The first-order valence-corrected chi connectivity index (χ1v) is 6.97. The number of nitrogens with one attached hydrogen (secondary N) is 1. The van der Waals surface area contributed by atoms with Crippen LogP contribution in [-0.4, -0.2) is 17.0 Å². The van der Waals surface area contributed by atoms with Crippen LogP contribution < -0.4 is 5.32 Å². The molecule has 0 radical (unpaired) electrons. The molecule has 2 unspecified atom stereocenters. The van der Waals surface area contributed by atoms with Crippen LogP contribution in [0.2, 0.25) is 0 Å². The molecule has 2 aromatic rings. The van der Waals surface area contributed by atoms with Crippen molar-refractivity contribution in [3.05, 3.63) is 65.0 Å². The summed E-state index contributed by atoms with van der Waals surface area (Å²) in [6.07, 6.45) is 0.568. The third-order valence-corrected chi connectivity index (χ3v) is 4.61. The van der Waals surface area contributed by atoms with Gasteiger partial charge in [-0.25, -0.2) is 9.18 Å². The van der Waals surface area contributed by atoms with Crippen LogP contribution in [0.4, 0.5) is 10.1 Å². The average Bonchev–Trinajstić information content (AvgIpc) is 3.17. The topological polar surface area (TPSA) is 66.4 Å². The lowest BCUT2D eigenvalue weighted by Gasteiger charge is -2.09. The number of benzene rings is 2. The van der Waals surface area contributed by atoms with Crippen molar-refractivity contribution in [3.8, 4) is 0 Å². The molecule has 1 heterocycles. The van der Waals surface area contributed by atoms with Crippen molar-refractivity contribution in [2.24, 2.45) is 0 Å². The van der Waals surface area contributed by atoms with Crippen molar-refractivity contribution in [1.82, 2.24) is 0 Å². The van der Waals surface area contributed by atoms with E-state index in [4.69, 9.17) is 5.11 Å². The van der Waals surface area contributed by atoms with E-state index < -0.39 is 11.4 Å². The van der Waals surface area contributed by atoms with E-state index >= 15 is 0 Å². The number of carboxylic acids is 1. The van der Waals surface area contributed by atoms with Gasteiger partial charge in [-0.15, -0.1) is 0 Å². The summed E-state index contributed by atoms with van der Waals surface area (Å²) in [6.45, 7) is 0. The molecule has 1 spiro atoms. The van der Waals surface area contributed by atoms with Gasteiger partial charge in [-0.1, -0.05) is 12.1 Å². The molecule has 2 aliphatic rings. The van der Waals surface area contributed by atoms with Crippen molar-refractivity contribution in [2.45, 2.75) is 17.8 Å². The van der Waals surface area contributed by atoms with Crippen LogP contribution in [0, 0.1) is 5.82 Å². The molecule has 4 nitrogen and oxygen atoms in total. The van der Waals surface area contributed by atoms with Crippen LogP contribution in [-0.2, 0) is 10.2 Å². The van der Waals surface area contributed by atoms with Gasteiger partial charge in [0.2, 0.25) is 5.91 Å². The van der Waals surface area contributed by atoms with E-state index in [1.165, 1.54) is 18.2 Å². The van der Waals surface area contributed by atoms with Gasteiger partial charge in [-0.05, 0) is 47.9 Å². The zero-order valence-electron chi connectivity index (χ0n) is 11.5. The number of aromatic carboxylic acids is 1. The third kappa shape index (κ3) is 1.62. The molecule has 1 saturated carbocycles. The fraction of sp³-hybridized carbons (Fsp3) is 0.176. The molecule has 110 valence electrons. The first-order valence-electron chi connectivity index (χ1n) is 6.97. The predicted octanol–water partition coefficient (Wildman–Crippen LogP) is 2.90. The minimum absolute atomic E-state index is 0.117. The summed E-state index contributed by atoms with van der Waals surface area (Å²) in [6, 6.07) is 10.9. The lowest BCUT2D eigenvalue weighted by atomic mass is 9.91. The molecule has 1 amide bonds. The van der Waals surface area contributed by atoms with E-state index in [2.05, 4.69) is 5.32 Å². The molecule has 0 saturated heterocycles. The number of rotatable bonds is 2. The molecule has 0 aromatic heterocycles. The largest absolute Gasteiger partial charge is 0.478 e. The number of hydrogen-bond acceptors (Lipinski definition) is 2. The summed E-state index contributed by atoms with van der Waals surface area (Å²) in [7, 11) is 0. The molecule has 0 bridgehead atoms. The normalized spacial score (nSPS) is 25.0. The monoisotopic (exact) mass is 297 g/mol. The highest BCUT2D eigenvalue weighted by Crippen LogP contribution is 2.65. The third-order valence-electron chi connectivity index (χ3n) is 4.61. The number of carbonyl (C=O) groups excluding carboxylic acids is 1. The molecule has 1 fully saturated rings. The van der Waals surface area contributed by atoms with Gasteiger partial charge in [-0.3, -0.25) is 4.79 Å². The number of anilines is 1. The summed E-state index contributed by atoms with van der Waals surface area (Å²) in [5.74, 6) is -1.62. The number of carbonyl (C=O) groups is 2. The van der Waals surface area contributed by atoms with Crippen molar-refractivity contribution in [3.63, 3.8) is 0 Å². The summed E-state index contributed by atoms with van der Waals surface area (Å²) < 4.78 is 13.4. The Morgan fingerprint density at radius 3 is 2.82 bits per heavy atom. The van der Waals surface area contributed by atoms with Crippen molar-refractivity contribution in [2.75, 3.05) is 5.32 Å². The Morgan fingerprint density at radius 2 is 2.09 bits per heavy atom. The van der Waals surface area contributed by atoms with Crippen molar-refractivity contribution < 1.29 is 19.1 Å². The first-order chi connectivity index (χ1) is 10.5. The second-order valence-corrected chi connectivity index (χ2v) is 5.80. The summed E-state index contributed by atoms with van der Waals surface area (Å²) in [4.78, 5) is 23.6. The Morgan fingerprint density at radius 1 is 1.27 bits per heavy atom. The Labute approximate surface area is 125 Å². The molecule has 22 heavy (non-hydrogen) atoms. The van der Waals surface area contributed by atoms with E-state index in [0.717, 1.165) is 5.56 Å². The van der Waals surface area contributed by atoms with Gasteiger partial charge in [-0.2, -0.15) is 0 Å². The highest BCUT2D eigenvalue weighted by atomic mass is 19.1. The van der Waals surface area contributed by atoms with E-state index in [1.54, 1.807) is 24.3 Å². The highest BCUT2D eigenvalue weighted by Gasteiger charge is 2.65. The van der Waals surface area contributed by atoms with Crippen LogP contribution in [0.3, 0.4) is 0 Å². The number of fused-ring (bicyclic) bond motifs is 2. The first kappa shape index (κ1) is 13.0. The van der Waals surface area contributed by atoms with E-state index in [-0.39, 0.29) is 23.2 Å². The number of hydrogen-bond donors (Lipinski definition) is 2. The summed E-state index contributed by atoms with van der Waals surface area (Å²) in [5.41, 5.74) is 1.51. The number of carboxylic acid groups (broad SMARTS) is 1. The maximum Gasteiger partial charge on any atom is 0.335 e. The minimum Gasteiger partial charge on any atom is -0.478 e. The van der Waals surface area contributed by atoms with Gasteiger partial charge in [0.15, 0.2) is 0 Å². The van der Waals surface area contributed by atoms with Crippen LogP contribution in [0.5, 0.6) is 0 Å². The second kappa shape index (κ2) is 4.16.